The van der Waals surface area contributed by atoms with Crippen molar-refractivity contribution in [2.75, 3.05) is 5.32 Å². The van der Waals surface area contributed by atoms with Gasteiger partial charge >= 0.3 is 0 Å². The van der Waals surface area contributed by atoms with E-state index in [0.29, 0.717) is 19.1 Å². The second-order valence-electron chi connectivity index (χ2n) is 6.23. The third kappa shape index (κ3) is 3.14. The van der Waals surface area contributed by atoms with E-state index in [1.54, 1.807) is 0 Å². The van der Waals surface area contributed by atoms with Crippen LogP contribution in [0.3, 0.4) is 0 Å². The molecular formula is C18H13FN4O4. The Kier molecular flexibility index (Phi) is 3.91. The normalized spacial score (nSPS) is 14.6. The van der Waals surface area contributed by atoms with E-state index in [2.05, 4.69) is 20.3 Å². The van der Waals surface area contributed by atoms with Gasteiger partial charge in [0.15, 0.2) is 23.0 Å². The first-order valence-corrected chi connectivity index (χ1v) is 8.10. The molecule has 0 radical (unpaired) electrons. The van der Waals surface area contributed by atoms with Crippen molar-refractivity contribution in [1.82, 2.24) is 15.0 Å². The molecule has 1 fully saturated rings. The van der Waals surface area contributed by atoms with Crippen LogP contribution in [0, 0.1) is 11.2 Å². The Morgan fingerprint density at radius 2 is 2.07 bits per heavy atom. The zero-order chi connectivity index (χ0) is 19.0. The van der Waals surface area contributed by atoms with Crippen LogP contribution in [0.2, 0.25) is 0 Å². The molecule has 2 heterocycles. The van der Waals surface area contributed by atoms with Gasteiger partial charge in [0, 0.05) is 24.0 Å². The molecule has 1 aromatic carbocycles. The van der Waals surface area contributed by atoms with E-state index >= 15 is 0 Å². The Bertz CT molecular complexity index is 1120. The quantitative estimate of drug-likeness (QED) is 0.527. The van der Waals surface area contributed by atoms with Gasteiger partial charge in [-0.3, -0.25) is 9.59 Å². The standard InChI is InChI=1S/C18H13FN4O4/c19-11-7-10(22-17(26)18(9-24)4-5-18)1-2-12(11)27-13-3-6-20-16-15(13)21-8-14(25)23-16/h1-3,6-9H,4-5H2,(H,22,26)(H,20,23,25). The van der Waals surface area contributed by atoms with Gasteiger partial charge in [0.05, 0.1) is 6.20 Å². The maximum absolute atomic E-state index is 14.4. The molecule has 2 aromatic heterocycles. The molecule has 0 spiro atoms. The molecule has 0 atom stereocenters. The van der Waals surface area contributed by atoms with Crippen LogP contribution in [-0.2, 0) is 9.59 Å². The lowest BCUT2D eigenvalue weighted by molar-refractivity contribution is -0.126. The number of H-pyrrole nitrogens is 1. The van der Waals surface area contributed by atoms with Gasteiger partial charge in [-0.1, -0.05) is 0 Å². The second-order valence-corrected chi connectivity index (χ2v) is 6.23. The molecule has 3 aromatic rings. The highest BCUT2D eigenvalue weighted by Gasteiger charge is 2.50. The summed E-state index contributed by atoms with van der Waals surface area (Å²) in [7, 11) is 0. The average molecular weight is 368 g/mol. The zero-order valence-corrected chi connectivity index (χ0v) is 13.9. The van der Waals surface area contributed by atoms with Crippen molar-refractivity contribution in [3.8, 4) is 11.5 Å². The van der Waals surface area contributed by atoms with E-state index in [1.807, 2.05) is 0 Å². The highest BCUT2D eigenvalue weighted by atomic mass is 19.1. The summed E-state index contributed by atoms with van der Waals surface area (Å²) < 4.78 is 20.0. The number of amides is 1. The second kappa shape index (κ2) is 6.27. The molecule has 0 aliphatic heterocycles. The lowest BCUT2D eigenvalue weighted by atomic mass is 10.1. The van der Waals surface area contributed by atoms with E-state index in [4.69, 9.17) is 4.74 Å². The van der Waals surface area contributed by atoms with Crippen molar-refractivity contribution >= 4 is 29.0 Å². The van der Waals surface area contributed by atoms with Crippen LogP contribution in [0.15, 0.2) is 41.5 Å². The van der Waals surface area contributed by atoms with Crippen molar-refractivity contribution in [1.29, 1.82) is 0 Å². The Labute approximate surface area is 151 Å². The SMILES string of the molecule is O=CC1(C(=O)Nc2ccc(Oc3ccnc4[nH]c(=O)cnc34)c(F)c2)CC1. The van der Waals surface area contributed by atoms with Gasteiger partial charge in [-0.25, -0.2) is 14.4 Å². The number of nitrogens with one attached hydrogen (secondary N) is 2. The highest BCUT2D eigenvalue weighted by molar-refractivity contribution is 6.07. The summed E-state index contributed by atoms with van der Waals surface area (Å²) in [5.74, 6) is -1.04. The van der Waals surface area contributed by atoms with E-state index in [0.717, 1.165) is 12.3 Å². The van der Waals surface area contributed by atoms with Crippen LogP contribution < -0.4 is 15.6 Å². The topological polar surface area (TPSA) is 114 Å². The number of anilines is 1. The minimum Gasteiger partial charge on any atom is -0.452 e. The van der Waals surface area contributed by atoms with E-state index < -0.39 is 22.7 Å². The van der Waals surface area contributed by atoms with Crippen LogP contribution in [-0.4, -0.2) is 27.1 Å². The van der Waals surface area contributed by atoms with Crippen molar-refractivity contribution in [2.24, 2.45) is 5.41 Å². The number of aromatic amines is 1. The number of carbonyl (C=O) groups is 2. The van der Waals surface area contributed by atoms with Gasteiger partial charge in [0.2, 0.25) is 5.91 Å². The third-order valence-corrected chi connectivity index (χ3v) is 4.32. The number of rotatable bonds is 5. The first kappa shape index (κ1) is 16.8. The maximum atomic E-state index is 14.4. The molecule has 1 saturated carbocycles. The summed E-state index contributed by atoms with van der Waals surface area (Å²) in [5.41, 5.74) is -0.685. The zero-order valence-electron chi connectivity index (χ0n) is 13.9. The van der Waals surface area contributed by atoms with Crippen LogP contribution in [0.25, 0.3) is 11.2 Å². The molecule has 8 nitrogen and oxygen atoms in total. The number of benzene rings is 1. The van der Waals surface area contributed by atoms with Gasteiger partial charge in [-0.15, -0.1) is 0 Å². The number of aldehydes is 1. The van der Waals surface area contributed by atoms with E-state index in [9.17, 15) is 18.8 Å². The molecule has 27 heavy (non-hydrogen) atoms. The molecule has 2 N–H and O–H groups in total. The van der Waals surface area contributed by atoms with Gasteiger partial charge in [0.1, 0.15) is 17.2 Å². The van der Waals surface area contributed by atoms with Crippen LogP contribution >= 0.6 is 0 Å². The summed E-state index contributed by atoms with van der Waals surface area (Å²) in [6.45, 7) is 0. The molecule has 1 aliphatic carbocycles. The fourth-order valence-corrected chi connectivity index (χ4v) is 2.58. The highest BCUT2D eigenvalue weighted by Crippen LogP contribution is 2.44. The molecule has 4 rings (SSSR count). The van der Waals surface area contributed by atoms with E-state index in [-0.39, 0.29) is 28.4 Å². The monoisotopic (exact) mass is 368 g/mol. The smallest absolute Gasteiger partial charge is 0.268 e. The Balaban J connectivity index is 1.58. The predicted octanol–water partition coefficient (Wildman–Crippen LogP) is 2.17. The fraction of sp³-hybridized carbons (Fsp3) is 0.167. The molecule has 0 unspecified atom stereocenters. The van der Waals surface area contributed by atoms with Gasteiger partial charge in [-0.2, -0.15) is 0 Å². The summed E-state index contributed by atoms with van der Waals surface area (Å²) in [5, 5.41) is 2.54. The lowest BCUT2D eigenvalue weighted by Crippen LogP contribution is -2.25. The predicted molar refractivity (Wildman–Crippen MR) is 93.0 cm³/mol. The van der Waals surface area contributed by atoms with Crippen molar-refractivity contribution in [2.45, 2.75) is 12.8 Å². The minimum absolute atomic E-state index is 0.0926. The Morgan fingerprint density at radius 3 is 2.78 bits per heavy atom. The number of halogens is 1. The molecule has 9 heteroatoms. The molecule has 1 aliphatic rings. The van der Waals surface area contributed by atoms with Crippen molar-refractivity contribution in [3.05, 3.63) is 52.8 Å². The third-order valence-electron chi connectivity index (χ3n) is 4.32. The lowest BCUT2D eigenvalue weighted by Gasteiger charge is -2.12. The van der Waals surface area contributed by atoms with Crippen molar-refractivity contribution < 1.29 is 18.7 Å². The van der Waals surface area contributed by atoms with Crippen molar-refractivity contribution in [3.63, 3.8) is 0 Å². The molecular weight excluding hydrogens is 355 g/mol. The van der Waals surface area contributed by atoms with Gasteiger partial charge in [0.25, 0.3) is 5.56 Å². The molecule has 136 valence electrons. The maximum Gasteiger partial charge on any atom is 0.268 e. The first-order valence-electron chi connectivity index (χ1n) is 8.10. The van der Waals surface area contributed by atoms with Gasteiger partial charge < -0.3 is 19.8 Å². The Morgan fingerprint density at radius 1 is 1.26 bits per heavy atom. The van der Waals surface area contributed by atoms with Gasteiger partial charge in [-0.05, 0) is 25.0 Å². The first-order chi connectivity index (χ1) is 13.0. The number of hydrogen-bond acceptors (Lipinski definition) is 6. The summed E-state index contributed by atoms with van der Waals surface area (Å²) in [4.78, 5) is 44.8. The number of hydrogen-bond donors (Lipinski definition) is 2. The molecule has 1 amide bonds. The summed E-state index contributed by atoms with van der Waals surface area (Å²) in [6.07, 6.45) is 4.09. The fourth-order valence-electron chi connectivity index (χ4n) is 2.58. The number of pyridine rings is 1. The summed E-state index contributed by atoms with van der Waals surface area (Å²) in [6, 6.07) is 5.41. The van der Waals surface area contributed by atoms with Crippen LogP contribution in [0.1, 0.15) is 12.8 Å². The number of fused-ring (bicyclic) bond motifs is 1. The van der Waals surface area contributed by atoms with Crippen LogP contribution in [0.5, 0.6) is 11.5 Å². The molecule has 0 bridgehead atoms. The number of nitrogens with zero attached hydrogens (tertiary/aromatic N) is 2. The average Bonchev–Trinajstić information content (AvgIpc) is 3.45. The molecule has 0 saturated heterocycles. The number of carbonyl (C=O) groups excluding carboxylic acids is 2. The summed E-state index contributed by atoms with van der Waals surface area (Å²) >= 11 is 0. The Hall–Kier alpha value is -3.62. The van der Waals surface area contributed by atoms with Crippen LogP contribution in [0.4, 0.5) is 10.1 Å². The number of ether oxygens (including phenoxy) is 1. The van der Waals surface area contributed by atoms with E-state index in [1.165, 1.54) is 24.4 Å². The minimum atomic E-state index is -0.982. The number of aromatic nitrogens is 3. The largest absolute Gasteiger partial charge is 0.452 e.